The van der Waals surface area contributed by atoms with E-state index in [0.29, 0.717) is 23.4 Å². The molecule has 28 heavy (non-hydrogen) atoms. The second kappa shape index (κ2) is 7.79. The van der Waals surface area contributed by atoms with Gasteiger partial charge in [0.2, 0.25) is 0 Å². The molecule has 0 amide bonds. The van der Waals surface area contributed by atoms with Crippen molar-refractivity contribution in [2.75, 3.05) is 12.3 Å². The zero-order chi connectivity index (χ0) is 20.5. The smallest absolute Gasteiger partial charge is 0.155 e. The number of hydrogen-bond donors (Lipinski definition) is 0. The molecular weight excluding hydrogens is 375 g/mol. The summed E-state index contributed by atoms with van der Waals surface area (Å²) in [6, 6.07) is 8.94. The molecule has 1 aromatic rings. The lowest BCUT2D eigenvalue weighted by Gasteiger charge is -2.31. The predicted octanol–water partition coefficient (Wildman–Crippen LogP) is 4.60. The van der Waals surface area contributed by atoms with Crippen molar-refractivity contribution in [3.05, 3.63) is 46.8 Å². The summed E-state index contributed by atoms with van der Waals surface area (Å²) in [6.45, 7) is 5.58. The lowest BCUT2D eigenvalue weighted by molar-refractivity contribution is 0.316. The first kappa shape index (κ1) is 20.7. The Balaban J connectivity index is 1.67. The summed E-state index contributed by atoms with van der Waals surface area (Å²) in [5.41, 5.74) is 2.19. The van der Waals surface area contributed by atoms with Crippen molar-refractivity contribution in [1.82, 2.24) is 0 Å². The van der Waals surface area contributed by atoms with E-state index in [1.165, 1.54) is 0 Å². The van der Waals surface area contributed by atoms with E-state index >= 15 is 4.39 Å². The van der Waals surface area contributed by atoms with Gasteiger partial charge < -0.3 is 0 Å². The number of halogens is 1. The van der Waals surface area contributed by atoms with E-state index < -0.39 is 14.6 Å². The summed E-state index contributed by atoms with van der Waals surface area (Å²) < 4.78 is 39.2. The SMILES string of the molecule is CC(C)(C)S(=O)(=O)CC1CCC(C2=C(F)C(c3cccc(C#N)c3)=NC2)CC1. The summed E-state index contributed by atoms with van der Waals surface area (Å²) in [4.78, 5) is 4.39. The Bertz CT molecular complexity index is 957. The second-order valence-electron chi connectivity index (χ2n) is 8.81. The van der Waals surface area contributed by atoms with Gasteiger partial charge in [-0.25, -0.2) is 12.8 Å². The van der Waals surface area contributed by atoms with Crippen LogP contribution in [-0.2, 0) is 9.84 Å². The van der Waals surface area contributed by atoms with Crippen LogP contribution in [0.2, 0.25) is 0 Å². The summed E-state index contributed by atoms with van der Waals surface area (Å²) in [6.07, 6.45) is 3.20. The summed E-state index contributed by atoms with van der Waals surface area (Å²) in [5, 5.41) is 9.04. The van der Waals surface area contributed by atoms with Crippen LogP contribution in [0.3, 0.4) is 0 Å². The molecule has 3 rings (SSSR count). The number of aliphatic imine (C=N–C) groups is 1. The average Bonchev–Trinajstić information content (AvgIpc) is 3.02. The van der Waals surface area contributed by atoms with Crippen molar-refractivity contribution < 1.29 is 12.8 Å². The van der Waals surface area contributed by atoms with Gasteiger partial charge in [0.05, 0.1) is 28.7 Å². The monoisotopic (exact) mass is 402 g/mol. The third-order valence-electron chi connectivity index (χ3n) is 5.89. The highest BCUT2D eigenvalue weighted by Gasteiger charge is 2.35. The standard InChI is InChI=1S/C22H27FN2O2S/c1-22(2,3)28(26,27)14-15-7-9-17(10-8-15)19-13-25-21(20(19)23)18-6-4-5-16(11-18)12-24/h4-6,11,15,17H,7-10,13-14H2,1-3H3. The van der Waals surface area contributed by atoms with Crippen molar-refractivity contribution in [3.8, 4) is 6.07 Å². The molecule has 1 aliphatic heterocycles. The van der Waals surface area contributed by atoms with Crippen molar-refractivity contribution in [1.29, 1.82) is 5.26 Å². The molecule has 1 fully saturated rings. The highest BCUT2D eigenvalue weighted by atomic mass is 32.2. The molecule has 4 nitrogen and oxygen atoms in total. The molecule has 1 saturated carbocycles. The minimum Gasteiger partial charge on any atom is -0.277 e. The fourth-order valence-corrected chi connectivity index (χ4v) is 5.41. The lowest BCUT2D eigenvalue weighted by atomic mass is 9.79. The van der Waals surface area contributed by atoms with Crippen LogP contribution in [0.25, 0.3) is 0 Å². The van der Waals surface area contributed by atoms with E-state index in [9.17, 15) is 8.42 Å². The molecular formula is C22H27FN2O2S. The van der Waals surface area contributed by atoms with E-state index in [0.717, 1.165) is 31.3 Å². The minimum atomic E-state index is -3.13. The van der Waals surface area contributed by atoms with Gasteiger partial charge in [-0.05, 0) is 76.0 Å². The van der Waals surface area contributed by atoms with Gasteiger partial charge in [-0.15, -0.1) is 0 Å². The van der Waals surface area contributed by atoms with Gasteiger partial charge in [0.25, 0.3) is 0 Å². The third kappa shape index (κ3) is 4.20. The van der Waals surface area contributed by atoms with Crippen LogP contribution in [0.4, 0.5) is 4.39 Å². The Morgan fingerprint density at radius 2 is 1.89 bits per heavy atom. The fourth-order valence-electron chi connectivity index (χ4n) is 3.96. The van der Waals surface area contributed by atoms with Gasteiger partial charge in [0.1, 0.15) is 11.5 Å². The summed E-state index contributed by atoms with van der Waals surface area (Å²) in [5.74, 6) is 0.223. The molecule has 0 aromatic heterocycles. The maximum Gasteiger partial charge on any atom is 0.155 e. The van der Waals surface area contributed by atoms with Gasteiger partial charge >= 0.3 is 0 Å². The zero-order valence-corrected chi connectivity index (χ0v) is 17.5. The first-order valence-corrected chi connectivity index (χ1v) is 11.4. The molecule has 2 aliphatic rings. The normalized spacial score (nSPS) is 23.5. The van der Waals surface area contributed by atoms with Crippen LogP contribution < -0.4 is 0 Å². The Morgan fingerprint density at radius 1 is 1.21 bits per heavy atom. The number of sulfone groups is 1. The molecule has 1 aromatic carbocycles. The zero-order valence-electron chi connectivity index (χ0n) is 16.7. The molecule has 1 aliphatic carbocycles. The lowest BCUT2D eigenvalue weighted by Crippen LogP contribution is -2.34. The summed E-state index contributed by atoms with van der Waals surface area (Å²) in [7, 11) is -3.13. The van der Waals surface area contributed by atoms with Crippen LogP contribution >= 0.6 is 0 Å². The maximum absolute atomic E-state index is 15.1. The Kier molecular flexibility index (Phi) is 5.77. The average molecular weight is 403 g/mol. The molecule has 0 spiro atoms. The fraction of sp³-hybridized carbons (Fsp3) is 0.545. The van der Waals surface area contributed by atoms with Crippen molar-refractivity contribution in [2.45, 2.75) is 51.2 Å². The van der Waals surface area contributed by atoms with E-state index in [4.69, 9.17) is 5.26 Å². The molecule has 0 atom stereocenters. The highest BCUT2D eigenvalue weighted by molar-refractivity contribution is 7.92. The van der Waals surface area contributed by atoms with Crippen molar-refractivity contribution >= 4 is 15.5 Å². The van der Waals surface area contributed by atoms with E-state index in [2.05, 4.69) is 11.1 Å². The van der Waals surface area contributed by atoms with Crippen LogP contribution in [-0.4, -0.2) is 31.2 Å². The highest BCUT2D eigenvalue weighted by Crippen LogP contribution is 2.39. The molecule has 0 unspecified atom stereocenters. The molecule has 0 bridgehead atoms. The minimum absolute atomic E-state index is 0.119. The van der Waals surface area contributed by atoms with Crippen LogP contribution in [0.5, 0.6) is 0 Å². The summed E-state index contributed by atoms with van der Waals surface area (Å²) >= 11 is 0. The Morgan fingerprint density at radius 3 is 2.50 bits per heavy atom. The van der Waals surface area contributed by atoms with Gasteiger partial charge in [-0.3, -0.25) is 4.99 Å². The van der Waals surface area contributed by atoms with Gasteiger partial charge in [-0.2, -0.15) is 5.26 Å². The molecule has 0 N–H and O–H groups in total. The van der Waals surface area contributed by atoms with Gasteiger partial charge in [0, 0.05) is 5.56 Å². The van der Waals surface area contributed by atoms with E-state index in [1.54, 1.807) is 45.0 Å². The number of allylic oxidation sites excluding steroid dienone is 1. The molecule has 0 saturated heterocycles. The van der Waals surface area contributed by atoms with Crippen molar-refractivity contribution in [3.63, 3.8) is 0 Å². The second-order valence-corrected chi connectivity index (χ2v) is 11.6. The first-order chi connectivity index (χ1) is 13.1. The van der Waals surface area contributed by atoms with Crippen LogP contribution in [0, 0.1) is 23.2 Å². The molecule has 6 heteroatoms. The predicted molar refractivity (Wildman–Crippen MR) is 110 cm³/mol. The number of hydrogen-bond acceptors (Lipinski definition) is 4. The van der Waals surface area contributed by atoms with Crippen LogP contribution in [0.15, 0.2) is 40.7 Å². The largest absolute Gasteiger partial charge is 0.277 e. The Hall–Kier alpha value is -2.00. The quantitative estimate of drug-likeness (QED) is 0.739. The Labute approximate surface area is 167 Å². The van der Waals surface area contributed by atoms with E-state index in [1.807, 2.05) is 0 Å². The van der Waals surface area contributed by atoms with Gasteiger partial charge in [0.15, 0.2) is 9.84 Å². The number of nitrogens with zero attached hydrogens (tertiary/aromatic N) is 2. The van der Waals surface area contributed by atoms with Crippen molar-refractivity contribution in [2.24, 2.45) is 16.8 Å². The first-order valence-electron chi connectivity index (χ1n) is 9.78. The van der Waals surface area contributed by atoms with Gasteiger partial charge in [-0.1, -0.05) is 12.1 Å². The molecule has 0 radical (unpaired) electrons. The number of benzene rings is 1. The number of rotatable bonds is 4. The van der Waals surface area contributed by atoms with Crippen LogP contribution in [0.1, 0.15) is 57.6 Å². The molecule has 1 heterocycles. The maximum atomic E-state index is 15.1. The molecule has 150 valence electrons. The third-order valence-corrected chi connectivity index (χ3v) is 8.67. The topological polar surface area (TPSA) is 70.3 Å². The van der Waals surface area contributed by atoms with E-state index in [-0.39, 0.29) is 23.4 Å². The number of nitriles is 1.